The Morgan fingerprint density at radius 2 is 1.89 bits per heavy atom. The second-order valence-corrected chi connectivity index (χ2v) is 7.26. The Labute approximate surface area is 160 Å². The third-order valence-electron chi connectivity index (χ3n) is 3.53. The molecule has 0 saturated carbocycles. The zero-order valence-electron chi connectivity index (χ0n) is 14.5. The molecule has 146 valence electrons. The van der Waals surface area contributed by atoms with E-state index < -0.39 is 21.7 Å². The standard InChI is InChI=1S/C18H16F2N4O3S/c19-16-5-3-13(10-17(16)20)24-28(25,26)15-4-6-18(23-12-15)22-8-9-27-14-2-1-7-21-11-14/h1-7,10-12,24H,8-9H2,(H,22,23). The summed E-state index contributed by atoms with van der Waals surface area (Å²) in [6.07, 6.45) is 4.40. The summed E-state index contributed by atoms with van der Waals surface area (Å²) in [6, 6.07) is 9.11. The number of anilines is 2. The minimum atomic E-state index is -3.98. The van der Waals surface area contributed by atoms with Gasteiger partial charge in [-0.1, -0.05) is 0 Å². The molecule has 0 unspecified atom stereocenters. The fourth-order valence-electron chi connectivity index (χ4n) is 2.20. The van der Waals surface area contributed by atoms with Gasteiger partial charge in [-0.2, -0.15) is 0 Å². The molecule has 0 bridgehead atoms. The minimum Gasteiger partial charge on any atom is -0.490 e. The highest BCUT2D eigenvalue weighted by molar-refractivity contribution is 7.92. The van der Waals surface area contributed by atoms with E-state index in [9.17, 15) is 17.2 Å². The number of nitrogens with one attached hydrogen (secondary N) is 2. The molecule has 7 nitrogen and oxygen atoms in total. The highest BCUT2D eigenvalue weighted by Crippen LogP contribution is 2.18. The van der Waals surface area contributed by atoms with Crippen LogP contribution in [0.5, 0.6) is 5.75 Å². The summed E-state index contributed by atoms with van der Waals surface area (Å²) in [6.45, 7) is 0.812. The summed E-state index contributed by atoms with van der Waals surface area (Å²) < 4.78 is 58.4. The topological polar surface area (TPSA) is 93.2 Å². The van der Waals surface area contributed by atoms with Crippen LogP contribution in [-0.2, 0) is 10.0 Å². The number of ether oxygens (including phenoxy) is 1. The zero-order chi connectivity index (χ0) is 20.0. The fraction of sp³-hybridized carbons (Fsp3) is 0.111. The van der Waals surface area contributed by atoms with Gasteiger partial charge in [0.2, 0.25) is 0 Å². The van der Waals surface area contributed by atoms with Gasteiger partial charge in [-0.05, 0) is 36.4 Å². The van der Waals surface area contributed by atoms with Crippen molar-refractivity contribution in [2.45, 2.75) is 4.90 Å². The average Bonchev–Trinajstić information content (AvgIpc) is 2.69. The van der Waals surface area contributed by atoms with Gasteiger partial charge in [-0.25, -0.2) is 22.2 Å². The Kier molecular flexibility index (Phi) is 5.99. The summed E-state index contributed by atoms with van der Waals surface area (Å²) in [5.41, 5.74) is -0.0892. The van der Waals surface area contributed by atoms with Gasteiger partial charge >= 0.3 is 0 Å². The molecule has 0 amide bonds. The maximum Gasteiger partial charge on any atom is 0.263 e. The third-order valence-corrected chi connectivity index (χ3v) is 4.90. The molecule has 0 aliphatic rings. The van der Waals surface area contributed by atoms with Crippen LogP contribution in [0.25, 0.3) is 0 Å². The van der Waals surface area contributed by atoms with Crippen LogP contribution in [0, 0.1) is 11.6 Å². The molecular weight excluding hydrogens is 390 g/mol. The summed E-state index contributed by atoms with van der Waals surface area (Å²) >= 11 is 0. The zero-order valence-corrected chi connectivity index (χ0v) is 15.3. The van der Waals surface area contributed by atoms with Crippen molar-refractivity contribution in [2.75, 3.05) is 23.2 Å². The van der Waals surface area contributed by atoms with E-state index in [4.69, 9.17) is 4.74 Å². The second-order valence-electron chi connectivity index (χ2n) is 5.58. The first-order chi connectivity index (χ1) is 13.4. The molecule has 2 N–H and O–H groups in total. The molecule has 10 heteroatoms. The third kappa shape index (κ3) is 5.13. The van der Waals surface area contributed by atoms with E-state index in [-0.39, 0.29) is 10.6 Å². The molecule has 3 aromatic rings. The first kappa shape index (κ1) is 19.5. The minimum absolute atomic E-state index is 0.0892. The number of benzene rings is 1. The molecule has 3 rings (SSSR count). The molecule has 0 aliphatic heterocycles. The number of nitrogens with zero attached hydrogens (tertiary/aromatic N) is 2. The summed E-state index contributed by atoms with van der Waals surface area (Å²) in [5.74, 6) is -1.11. The average molecular weight is 406 g/mol. The number of halogens is 2. The van der Waals surface area contributed by atoms with Gasteiger partial charge < -0.3 is 10.1 Å². The monoisotopic (exact) mass is 406 g/mol. The highest BCUT2D eigenvalue weighted by Gasteiger charge is 2.15. The maximum atomic E-state index is 13.2. The van der Waals surface area contributed by atoms with E-state index in [0.29, 0.717) is 24.7 Å². The van der Waals surface area contributed by atoms with Gasteiger partial charge in [0.1, 0.15) is 23.1 Å². The predicted molar refractivity (Wildman–Crippen MR) is 99.6 cm³/mol. The number of hydrogen-bond donors (Lipinski definition) is 2. The fourth-order valence-corrected chi connectivity index (χ4v) is 3.19. The van der Waals surface area contributed by atoms with E-state index in [1.807, 2.05) is 0 Å². The molecule has 0 atom stereocenters. The Hall–Kier alpha value is -3.27. The second kappa shape index (κ2) is 8.61. The van der Waals surface area contributed by atoms with Crippen LogP contribution in [0.4, 0.5) is 20.3 Å². The van der Waals surface area contributed by atoms with E-state index in [2.05, 4.69) is 20.0 Å². The molecular formula is C18H16F2N4O3S. The lowest BCUT2D eigenvalue weighted by atomic mass is 10.3. The maximum absolute atomic E-state index is 13.2. The molecule has 0 radical (unpaired) electrons. The van der Waals surface area contributed by atoms with Crippen LogP contribution in [0.1, 0.15) is 0 Å². The van der Waals surface area contributed by atoms with Crippen molar-refractivity contribution in [3.8, 4) is 5.75 Å². The van der Waals surface area contributed by atoms with Gasteiger partial charge in [0.15, 0.2) is 11.6 Å². The molecule has 0 spiro atoms. The molecule has 0 fully saturated rings. The number of aromatic nitrogens is 2. The van der Waals surface area contributed by atoms with Crippen molar-refractivity contribution in [3.63, 3.8) is 0 Å². The Bertz CT molecular complexity index is 1030. The van der Waals surface area contributed by atoms with Gasteiger partial charge in [-0.15, -0.1) is 0 Å². The quantitative estimate of drug-likeness (QED) is 0.559. The molecule has 1 aromatic carbocycles. The van der Waals surface area contributed by atoms with E-state index in [1.165, 1.54) is 12.1 Å². The largest absolute Gasteiger partial charge is 0.490 e. The van der Waals surface area contributed by atoms with E-state index in [0.717, 1.165) is 24.4 Å². The number of pyridine rings is 2. The van der Waals surface area contributed by atoms with Crippen LogP contribution in [0.15, 0.2) is 66.0 Å². The lowest BCUT2D eigenvalue weighted by Gasteiger charge is -2.10. The van der Waals surface area contributed by atoms with Crippen LogP contribution < -0.4 is 14.8 Å². The van der Waals surface area contributed by atoms with Crippen LogP contribution >= 0.6 is 0 Å². The predicted octanol–water partition coefficient (Wildman–Crippen LogP) is 3.05. The van der Waals surface area contributed by atoms with Crippen molar-refractivity contribution in [2.24, 2.45) is 0 Å². The van der Waals surface area contributed by atoms with Crippen molar-refractivity contribution in [1.29, 1.82) is 0 Å². The van der Waals surface area contributed by atoms with E-state index in [1.54, 1.807) is 24.5 Å². The van der Waals surface area contributed by atoms with Gasteiger partial charge in [0.25, 0.3) is 10.0 Å². The van der Waals surface area contributed by atoms with Crippen molar-refractivity contribution in [1.82, 2.24) is 9.97 Å². The molecule has 28 heavy (non-hydrogen) atoms. The normalized spacial score (nSPS) is 11.1. The number of hydrogen-bond acceptors (Lipinski definition) is 6. The Morgan fingerprint density at radius 1 is 1.04 bits per heavy atom. The van der Waals surface area contributed by atoms with Crippen molar-refractivity contribution >= 4 is 21.5 Å². The molecule has 2 aromatic heterocycles. The first-order valence-corrected chi connectivity index (χ1v) is 9.63. The summed E-state index contributed by atoms with van der Waals surface area (Å²) in [7, 11) is -3.98. The number of sulfonamides is 1. The number of rotatable bonds is 8. The molecule has 0 saturated heterocycles. The van der Waals surface area contributed by atoms with Crippen LogP contribution in [-0.4, -0.2) is 31.5 Å². The van der Waals surface area contributed by atoms with Crippen LogP contribution in [0.2, 0.25) is 0 Å². The smallest absolute Gasteiger partial charge is 0.263 e. The SMILES string of the molecule is O=S(=O)(Nc1ccc(F)c(F)c1)c1ccc(NCCOc2cccnc2)nc1. The Balaban J connectivity index is 1.55. The van der Waals surface area contributed by atoms with Gasteiger partial charge in [0, 0.05) is 18.5 Å². The lowest BCUT2D eigenvalue weighted by molar-refractivity contribution is 0.331. The molecule has 0 aliphatic carbocycles. The first-order valence-electron chi connectivity index (χ1n) is 8.15. The van der Waals surface area contributed by atoms with Crippen molar-refractivity contribution < 1.29 is 21.9 Å². The Morgan fingerprint density at radius 3 is 2.57 bits per heavy atom. The highest BCUT2D eigenvalue weighted by atomic mass is 32.2. The van der Waals surface area contributed by atoms with Crippen LogP contribution in [0.3, 0.4) is 0 Å². The van der Waals surface area contributed by atoms with Gasteiger partial charge in [-0.3, -0.25) is 9.71 Å². The van der Waals surface area contributed by atoms with Crippen molar-refractivity contribution in [3.05, 3.63) is 72.7 Å². The lowest BCUT2D eigenvalue weighted by Crippen LogP contribution is -2.15. The summed E-state index contributed by atoms with van der Waals surface area (Å²) in [5, 5.41) is 2.99. The molecule has 2 heterocycles. The summed E-state index contributed by atoms with van der Waals surface area (Å²) in [4.78, 5) is 7.85. The van der Waals surface area contributed by atoms with E-state index >= 15 is 0 Å². The van der Waals surface area contributed by atoms with Gasteiger partial charge in [0.05, 0.1) is 18.4 Å².